The van der Waals surface area contributed by atoms with Crippen LogP contribution in [0, 0.1) is 16.0 Å². The van der Waals surface area contributed by atoms with E-state index >= 15 is 0 Å². The van der Waals surface area contributed by atoms with E-state index < -0.39 is 4.92 Å². The van der Waals surface area contributed by atoms with Crippen molar-refractivity contribution < 1.29 is 10.0 Å². The van der Waals surface area contributed by atoms with Gasteiger partial charge in [-0.25, -0.2) is 0 Å². The van der Waals surface area contributed by atoms with Crippen LogP contribution >= 0.6 is 11.6 Å². The second-order valence-corrected chi connectivity index (χ2v) is 5.68. The number of halogens is 1. The molecule has 5 nitrogen and oxygen atoms in total. The topological polar surface area (TPSA) is 75.4 Å². The summed E-state index contributed by atoms with van der Waals surface area (Å²) in [6.45, 7) is 1.30. The van der Waals surface area contributed by atoms with Gasteiger partial charge in [-0.3, -0.25) is 10.1 Å². The van der Waals surface area contributed by atoms with E-state index in [0.29, 0.717) is 17.5 Å². The molecule has 0 amide bonds. The first-order valence-electron chi connectivity index (χ1n) is 6.89. The van der Waals surface area contributed by atoms with Gasteiger partial charge in [0.2, 0.25) is 0 Å². The number of aliphatic hydroxyl groups excluding tert-OH is 1. The van der Waals surface area contributed by atoms with Crippen LogP contribution in [0.1, 0.15) is 31.2 Å². The Morgan fingerprint density at radius 3 is 2.80 bits per heavy atom. The molecule has 0 radical (unpaired) electrons. The van der Waals surface area contributed by atoms with Crippen LogP contribution in [0.4, 0.5) is 5.69 Å². The Balaban J connectivity index is 1.86. The van der Waals surface area contributed by atoms with Crippen molar-refractivity contribution in [3.8, 4) is 0 Å². The molecule has 1 aromatic carbocycles. The Morgan fingerprint density at radius 2 is 2.15 bits per heavy atom. The molecular weight excluding hydrogens is 280 g/mol. The van der Waals surface area contributed by atoms with Crippen molar-refractivity contribution in [2.24, 2.45) is 5.92 Å². The summed E-state index contributed by atoms with van der Waals surface area (Å²) in [4.78, 5) is 10.2. The van der Waals surface area contributed by atoms with Crippen molar-refractivity contribution in [2.75, 3.05) is 6.54 Å². The van der Waals surface area contributed by atoms with Crippen LogP contribution in [0.2, 0.25) is 5.02 Å². The summed E-state index contributed by atoms with van der Waals surface area (Å²) in [6.07, 6.45) is 3.98. The van der Waals surface area contributed by atoms with E-state index in [1.807, 2.05) is 0 Å². The molecule has 2 N–H and O–H groups in total. The van der Waals surface area contributed by atoms with Crippen LogP contribution < -0.4 is 5.32 Å². The maximum absolute atomic E-state index is 10.6. The van der Waals surface area contributed by atoms with Crippen LogP contribution in [-0.2, 0) is 6.54 Å². The molecule has 0 heterocycles. The number of non-ortho nitro benzene ring substituents is 1. The largest absolute Gasteiger partial charge is 0.393 e. The zero-order chi connectivity index (χ0) is 14.5. The molecule has 2 atom stereocenters. The summed E-state index contributed by atoms with van der Waals surface area (Å²) in [5.74, 6) is 0.292. The van der Waals surface area contributed by atoms with E-state index in [9.17, 15) is 15.2 Å². The molecule has 1 aliphatic rings. The average Bonchev–Trinajstić information content (AvgIpc) is 2.42. The highest BCUT2D eigenvalue weighted by atomic mass is 35.5. The van der Waals surface area contributed by atoms with Gasteiger partial charge < -0.3 is 10.4 Å². The highest BCUT2D eigenvalue weighted by Gasteiger charge is 2.22. The number of nitrogens with one attached hydrogen (secondary N) is 1. The normalized spacial score (nSPS) is 22.7. The lowest BCUT2D eigenvalue weighted by atomic mass is 9.86. The third-order valence-corrected chi connectivity index (χ3v) is 4.19. The van der Waals surface area contributed by atoms with E-state index in [0.717, 1.165) is 31.4 Å². The Hall–Kier alpha value is -1.17. The maximum atomic E-state index is 10.6. The third-order valence-electron chi connectivity index (χ3n) is 3.84. The minimum atomic E-state index is -0.457. The van der Waals surface area contributed by atoms with Gasteiger partial charge in [0.25, 0.3) is 5.69 Å². The Bertz CT molecular complexity index is 481. The van der Waals surface area contributed by atoms with Crippen LogP contribution in [0.25, 0.3) is 0 Å². The number of hydrogen-bond donors (Lipinski definition) is 2. The summed E-state index contributed by atoms with van der Waals surface area (Å²) in [6, 6.07) is 4.50. The van der Waals surface area contributed by atoms with Crippen molar-refractivity contribution in [3.63, 3.8) is 0 Å². The van der Waals surface area contributed by atoms with Gasteiger partial charge in [0, 0.05) is 25.2 Å². The van der Waals surface area contributed by atoms with Gasteiger partial charge in [-0.15, -0.1) is 0 Å². The van der Waals surface area contributed by atoms with Crippen LogP contribution in [0.3, 0.4) is 0 Å². The van der Waals surface area contributed by atoms with Crippen LogP contribution in [0.5, 0.6) is 0 Å². The van der Waals surface area contributed by atoms with Crippen molar-refractivity contribution in [2.45, 2.75) is 38.3 Å². The molecule has 1 saturated carbocycles. The van der Waals surface area contributed by atoms with Gasteiger partial charge >= 0.3 is 0 Å². The molecule has 1 fully saturated rings. The van der Waals surface area contributed by atoms with Crippen molar-refractivity contribution >= 4 is 17.3 Å². The molecule has 0 saturated heterocycles. The molecule has 0 bridgehead atoms. The van der Waals surface area contributed by atoms with E-state index in [2.05, 4.69) is 5.32 Å². The molecule has 110 valence electrons. The minimum absolute atomic E-state index is 0.00135. The van der Waals surface area contributed by atoms with Gasteiger partial charge in [0.1, 0.15) is 0 Å². The smallest absolute Gasteiger partial charge is 0.270 e. The van der Waals surface area contributed by atoms with Gasteiger partial charge in [0.05, 0.1) is 16.0 Å². The predicted molar refractivity (Wildman–Crippen MR) is 77.8 cm³/mol. The van der Waals surface area contributed by atoms with Crippen LogP contribution in [-0.4, -0.2) is 22.7 Å². The Kier molecular flexibility index (Phi) is 5.34. The third kappa shape index (κ3) is 3.91. The SMILES string of the molecule is O=[N+]([O-])c1ccc(CNCC2CCCCC2O)c(Cl)c1. The predicted octanol–water partition coefficient (Wildman–Crippen LogP) is 2.89. The molecular formula is C14H19ClN2O3. The van der Waals surface area contributed by atoms with Gasteiger partial charge in [-0.05, 0) is 30.4 Å². The molecule has 0 aromatic heterocycles. The lowest BCUT2D eigenvalue weighted by Crippen LogP contribution is -2.33. The fourth-order valence-corrected chi connectivity index (χ4v) is 2.85. The fourth-order valence-electron chi connectivity index (χ4n) is 2.61. The first-order chi connectivity index (χ1) is 9.58. The standard InChI is InChI=1S/C14H19ClN2O3/c15-13-7-12(17(19)20)6-5-10(13)8-16-9-11-3-1-2-4-14(11)18/h5-7,11,14,16,18H,1-4,8-9H2. The van der Waals surface area contributed by atoms with E-state index in [1.165, 1.54) is 18.6 Å². The number of nitro benzene ring substituents is 1. The fraction of sp³-hybridized carbons (Fsp3) is 0.571. The Labute approximate surface area is 123 Å². The summed E-state index contributed by atoms with van der Waals surface area (Å²) in [7, 11) is 0. The number of aliphatic hydroxyl groups is 1. The van der Waals surface area contributed by atoms with E-state index in [-0.39, 0.29) is 11.8 Å². The summed E-state index contributed by atoms with van der Waals surface area (Å²) >= 11 is 6.03. The first kappa shape index (κ1) is 15.2. The molecule has 1 aliphatic carbocycles. The van der Waals surface area contributed by atoms with Gasteiger partial charge in [0.15, 0.2) is 0 Å². The number of benzene rings is 1. The number of rotatable bonds is 5. The number of nitro groups is 1. The van der Waals surface area contributed by atoms with Crippen molar-refractivity contribution in [3.05, 3.63) is 38.9 Å². The molecule has 0 spiro atoms. The van der Waals surface area contributed by atoms with Gasteiger partial charge in [-0.1, -0.05) is 24.4 Å². The maximum Gasteiger partial charge on any atom is 0.270 e. The number of nitrogens with zero attached hydrogens (tertiary/aromatic N) is 1. The second-order valence-electron chi connectivity index (χ2n) is 5.28. The second kappa shape index (κ2) is 7.02. The highest BCUT2D eigenvalue weighted by molar-refractivity contribution is 6.31. The molecule has 0 aliphatic heterocycles. The first-order valence-corrected chi connectivity index (χ1v) is 7.27. The van der Waals surface area contributed by atoms with Crippen molar-refractivity contribution in [1.29, 1.82) is 0 Å². The zero-order valence-electron chi connectivity index (χ0n) is 11.2. The molecule has 2 unspecified atom stereocenters. The van der Waals surface area contributed by atoms with Crippen LogP contribution in [0.15, 0.2) is 18.2 Å². The monoisotopic (exact) mass is 298 g/mol. The zero-order valence-corrected chi connectivity index (χ0v) is 12.0. The average molecular weight is 299 g/mol. The van der Waals surface area contributed by atoms with E-state index in [1.54, 1.807) is 6.07 Å². The quantitative estimate of drug-likeness (QED) is 0.647. The lowest BCUT2D eigenvalue weighted by molar-refractivity contribution is -0.384. The molecule has 20 heavy (non-hydrogen) atoms. The van der Waals surface area contributed by atoms with E-state index in [4.69, 9.17) is 11.6 Å². The highest BCUT2D eigenvalue weighted by Crippen LogP contribution is 2.25. The Morgan fingerprint density at radius 1 is 1.40 bits per heavy atom. The number of hydrogen-bond acceptors (Lipinski definition) is 4. The van der Waals surface area contributed by atoms with Gasteiger partial charge in [-0.2, -0.15) is 0 Å². The summed E-state index contributed by atoms with van der Waals surface area (Å²) < 4.78 is 0. The summed E-state index contributed by atoms with van der Waals surface area (Å²) in [5.41, 5.74) is 0.837. The summed E-state index contributed by atoms with van der Waals surface area (Å²) in [5, 5.41) is 24.2. The molecule has 6 heteroatoms. The van der Waals surface area contributed by atoms with Crippen molar-refractivity contribution in [1.82, 2.24) is 5.32 Å². The lowest BCUT2D eigenvalue weighted by Gasteiger charge is -2.27. The molecule has 2 rings (SSSR count). The molecule has 1 aromatic rings. The minimum Gasteiger partial charge on any atom is -0.393 e.